The number of aromatic amines is 1. The molecule has 2 bridgehead atoms. The Morgan fingerprint density at radius 1 is 1.05 bits per heavy atom. The summed E-state index contributed by atoms with van der Waals surface area (Å²) in [6, 6.07) is 8.51. The summed E-state index contributed by atoms with van der Waals surface area (Å²) in [5, 5.41) is 9.96. The van der Waals surface area contributed by atoms with Gasteiger partial charge in [-0.15, -0.1) is 11.8 Å². The van der Waals surface area contributed by atoms with E-state index in [9.17, 15) is 19.2 Å². The van der Waals surface area contributed by atoms with E-state index in [0.29, 0.717) is 25.8 Å². The van der Waals surface area contributed by atoms with E-state index in [-0.39, 0.29) is 63.9 Å². The average molecular weight is 542 g/mol. The van der Waals surface area contributed by atoms with Crippen molar-refractivity contribution in [3.63, 3.8) is 0 Å². The van der Waals surface area contributed by atoms with Crippen LogP contribution in [0.15, 0.2) is 34.1 Å². The van der Waals surface area contributed by atoms with Gasteiger partial charge in [-0.25, -0.2) is 0 Å². The van der Waals surface area contributed by atoms with Crippen molar-refractivity contribution < 1.29 is 19.5 Å². The minimum absolute atomic E-state index is 0.0327. The number of H-pyrrole nitrogens is 1. The number of nitrogens with zero attached hydrogens (tertiary/aromatic N) is 2. The first-order chi connectivity index (χ1) is 17.8. The summed E-state index contributed by atoms with van der Waals surface area (Å²) in [5.74, 6) is -0.981. The van der Waals surface area contributed by atoms with Crippen molar-refractivity contribution in [3.8, 4) is 0 Å². The molecule has 0 spiro atoms. The minimum atomic E-state index is -0.819. The minimum Gasteiger partial charge on any atom is -0.481 e. The number of thiazole rings is 1. The lowest BCUT2D eigenvalue weighted by molar-refractivity contribution is -0.141. The first-order valence-corrected chi connectivity index (χ1v) is 14.7. The summed E-state index contributed by atoms with van der Waals surface area (Å²) in [5.41, 5.74) is 2.27. The van der Waals surface area contributed by atoms with Crippen LogP contribution in [0.4, 0.5) is 5.69 Å². The van der Waals surface area contributed by atoms with Crippen LogP contribution in [0.5, 0.6) is 0 Å². The smallest absolute Gasteiger partial charge is 0.305 e. The Morgan fingerprint density at radius 2 is 1.76 bits per heavy atom. The third-order valence-corrected chi connectivity index (χ3v) is 11.4. The molecule has 1 aromatic carbocycles. The van der Waals surface area contributed by atoms with Gasteiger partial charge in [0.25, 0.3) is 0 Å². The zero-order valence-electron chi connectivity index (χ0n) is 20.9. The second kappa shape index (κ2) is 9.31. The van der Waals surface area contributed by atoms with E-state index in [4.69, 9.17) is 5.11 Å². The maximum atomic E-state index is 13.6. The van der Waals surface area contributed by atoms with Crippen LogP contribution in [0.2, 0.25) is 0 Å². The summed E-state index contributed by atoms with van der Waals surface area (Å²) < 4.78 is 0. The van der Waals surface area contributed by atoms with Crippen LogP contribution in [0.25, 0.3) is 0 Å². The quantitative estimate of drug-likeness (QED) is 0.388. The van der Waals surface area contributed by atoms with Gasteiger partial charge in [-0.2, -0.15) is 0 Å². The number of rotatable bonds is 8. The molecule has 4 aliphatic rings. The number of nitrogens with one attached hydrogen (secondary N) is 1. The van der Waals surface area contributed by atoms with Crippen molar-refractivity contribution in [3.05, 3.63) is 44.4 Å². The predicted molar refractivity (Wildman–Crippen MR) is 142 cm³/mol. The normalized spacial score (nSPS) is 31.4. The molecule has 0 unspecified atom stereocenters. The fourth-order valence-electron chi connectivity index (χ4n) is 7.37. The van der Waals surface area contributed by atoms with Gasteiger partial charge in [0.05, 0.1) is 16.9 Å². The fraction of sp³-hybridized carbons (Fsp3) is 0.556. The lowest BCUT2D eigenvalue weighted by atomic mass is 9.68. The SMILES string of the molecule is CN(C)c1ccc([C@@H]2c3sc(=O)[nH]c3S[C@@H]3[C@@H]4C[C@H]([C@H]5C(=O)N(CCCCCC(=O)O)C(=O)[C@H]45)[C@H]23)cc1. The summed E-state index contributed by atoms with van der Waals surface area (Å²) in [6.45, 7) is 0.377. The monoisotopic (exact) mass is 541 g/mol. The number of hydrogen-bond acceptors (Lipinski definition) is 7. The number of anilines is 1. The molecule has 1 saturated heterocycles. The number of unbranched alkanes of at least 4 members (excludes halogenated alkanes) is 2. The Bertz CT molecular complexity index is 1300. The number of benzene rings is 1. The van der Waals surface area contributed by atoms with E-state index < -0.39 is 5.97 Å². The molecule has 3 fully saturated rings. The van der Waals surface area contributed by atoms with Crippen LogP contribution >= 0.6 is 23.1 Å². The summed E-state index contributed by atoms with van der Waals surface area (Å²) in [6.07, 6.45) is 2.87. The first kappa shape index (κ1) is 24.7. The van der Waals surface area contributed by atoms with Gasteiger partial charge in [-0.05, 0) is 54.7 Å². The molecule has 2 saturated carbocycles. The molecule has 2 amide bonds. The lowest BCUT2D eigenvalue weighted by Gasteiger charge is -2.43. The number of likely N-dealkylation sites (tertiary alicyclic amines) is 1. The van der Waals surface area contributed by atoms with Crippen LogP contribution in [0, 0.1) is 29.6 Å². The van der Waals surface area contributed by atoms with E-state index in [0.717, 1.165) is 27.6 Å². The van der Waals surface area contributed by atoms with Crippen molar-refractivity contribution in [1.82, 2.24) is 9.88 Å². The summed E-state index contributed by atoms with van der Waals surface area (Å²) >= 11 is 2.99. The van der Waals surface area contributed by atoms with Gasteiger partial charge in [0.15, 0.2) is 0 Å². The number of carbonyl (C=O) groups excluding carboxylic acids is 2. The number of hydrogen-bond donors (Lipinski definition) is 2. The Morgan fingerprint density at radius 3 is 2.43 bits per heavy atom. The number of carboxylic acid groups (broad SMARTS) is 1. The summed E-state index contributed by atoms with van der Waals surface area (Å²) in [4.78, 5) is 57.8. The van der Waals surface area contributed by atoms with Crippen molar-refractivity contribution in [1.29, 1.82) is 0 Å². The Balaban J connectivity index is 1.28. The van der Waals surface area contributed by atoms with Crippen LogP contribution in [0.1, 0.15) is 48.5 Å². The number of aromatic nitrogens is 1. The van der Waals surface area contributed by atoms with Crippen LogP contribution < -0.4 is 9.77 Å². The molecule has 2 aliphatic heterocycles. The third kappa shape index (κ3) is 3.94. The molecule has 37 heavy (non-hydrogen) atoms. The first-order valence-electron chi connectivity index (χ1n) is 13.0. The van der Waals surface area contributed by atoms with Gasteiger partial charge >= 0.3 is 10.8 Å². The highest BCUT2D eigenvalue weighted by Gasteiger charge is 2.69. The van der Waals surface area contributed by atoms with Crippen LogP contribution in [-0.4, -0.2) is 58.7 Å². The largest absolute Gasteiger partial charge is 0.481 e. The van der Waals surface area contributed by atoms with Gasteiger partial charge in [-0.3, -0.25) is 24.1 Å². The fourth-order valence-corrected chi connectivity index (χ4v) is 10.3. The molecule has 3 heterocycles. The number of carbonyl (C=O) groups is 3. The highest BCUT2D eigenvalue weighted by molar-refractivity contribution is 8.00. The lowest BCUT2D eigenvalue weighted by Crippen LogP contribution is -2.42. The van der Waals surface area contributed by atoms with Crippen LogP contribution in [-0.2, 0) is 14.4 Å². The second-order valence-corrected chi connectivity index (χ2v) is 13.2. The van der Waals surface area contributed by atoms with E-state index in [2.05, 4.69) is 34.1 Å². The number of amides is 2. The second-order valence-electron chi connectivity index (χ2n) is 11.0. The zero-order chi connectivity index (χ0) is 26.0. The molecule has 1 aromatic heterocycles. The molecule has 8 nitrogen and oxygen atoms in total. The van der Waals surface area contributed by atoms with Crippen molar-refractivity contribution >= 4 is 46.6 Å². The van der Waals surface area contributed by atoms with Gasteiger partial charge < -0.3 is 15.0 Å². The van der Waals surface area contributed by atoms with Gasteiger partial charge in [0.1, 0.15) is 0 Å². The number of aliphatic carboxylic acids is 1. The standard InChI is InChI=1S/C27H31N3O5S2/c1-29(2)14-9-7-13(8-10-14)18-19-15-12-16(22(19)36-24-23(18)37-27(35)28-24)21-20(15)25(33)30(26(21)34)11-5-3-4-6-17(31)32/h7-10,15-16,18-22H,3-6,11-12H2,1-2H3,(H,28,35)(H,31,32)/t15-,16+,18-,19+,20+,21+,22+/m0/s1. The van der Waals surface area contributed by atoms with E-state index in [1.165, 1.54) is 16.2 Å². The van der Waals surface area contributed by atoms with Crippen LogP contribution in [0.3, 0.4) is 0 Å². The van der Waals surface area contributed by atoms with Crippen molar-refractivity contribution in [2.75, 3.05) is 25.5 Å². The number of fused-ring (bicyclic) bond motifs is 9. The van der Waals surface area contributed by atoms with Gasteiger partial charge in [0.2, 0.25) is 11.8 Å². The molecular formula is C27H31N3O5S2. The maximum Gasteiger partial charge on any atom is 0.305 e. The predicted octanol–water partition coefficient (Wildman–Crippen LogP) is 3.62. The third-order valence-electron chi connectivity index (χ3n) is 8.86. The number of thioether (sulfide) groups is 1. The Labute approximate surface area is 223 Å². The van der Waals surface area contributed by atoms with Gasteiger partial charge in [0, 0.05) is 48.8 Å². The van der Waals surface area contributed by atoms with Crippen molar-refractivity contribution in [2.24, 2.45) is 29.6 Å². The molecule has 196 valence electrons. The summed E-state index contributed by atoms with van der Waals surface area (Å²) in [7, 11) is 4.02. The zero-order valence-corrected chi connectivity index (χ0v) is 22.5. The molecule has 2 aliphatic carbocycles. The van der Waals surface area contributed by atoms with E-state index >= 15 is 0 Å². The molecule has 2 aromatic rings. The molecule has 6 rings (SSSR count). The highest BCUT2D eigenvalue weighted by Crippen LogP contribution is 2.68. The Hall–Kier alpha value is -2.59. The van der Waals surface area contributed by atoms with Gasteiger partial charge in [-0.1, -0.05) is 29.9 Å². The highest BCUT2D eigenvalue weighted by atomic mass is 32.2. The molecule has 0 radical (unpaired) electrons. The average Bonchev–Trinajstić information content (AvgIpc) is 3.58. The van der Waals surface area contributed by atoms with Crippen molar-refractivity contribution in [2.45, 2.75) is 48.3 Å². The maximum absolute atomic E-state index is 13.6. The molecular weight excluding hydrogens is 510 g/mol. The number of carboxylic acids is 1. The molecule has 7 atom stereocenters. The topological polar surface area (TPSA) is 111 Å². The van der Waals surface area contributed by atoms with E-state index in [1.807, 2.05) is 14.1 Å². The molecule has 10 heteroatoms. The Kier molecular flexibility index (Phi) is 6.22. The number of imide groups is 1. The molecule has 2 N–H and O–H groups in total. The van der Waals surface area contributed by atoms with E-state index in [1.54, 1.807) is 11.8 Å².